The molecule has 4 unspecified atom stereocenters. The lowest BCUT2D eigenvalue weighted by molar-refractivity contribution is -0.142. The number of nitrogens with zero attached hydrogens (tertiary/aromatic N) is 1. The predicted molar refractivity (Wildman–Crippen MR) is 123 cm³/mol. The van der Waals surface area contributed by atoms with Crippen LogP contribution in [0.25, 0.3) is 0 Å². The molecule has 0 radical (unpaired) electrons. The van der Waals surface area contributed by atoms with E-state index >= 15 is 0 Å². The fourth-order valence-electron chi connectivity index (χ4n) is 2.94. The fourth-order valence-corrected chi connectivity index (χ4v) is 3.41. The highest BCUT2D eigenvalue weighted by Crippen LogP contribution is 2.08. The second-order valence-electron chi connectivity index (χ2n) is 8.00. The fraction of sp³-hybridized carbons (Fsp3) is 0.650. The van der Waals surface area contributed by atoms with Crippen molar-refractivity contribution in [2.24, 2.45) is 11.7 Å². The smallest absolute Gasteiger partial charge is 0.326 e. The molecule has 1 rings (SSSR count). The molecular formula is C20H34N6O6S. The van der Waals surface area contributed by atoms with E-state index in [9.17, 15) is 29.4 Å². The number of aromatic nitrogens is 2. The van der Waals surface area contributed by atoms with Crippen molar-refractivity contribution in [1.29, 1.82) is 0 Å². The zero-order valence-corrected chi connectivity index (χ0v) is 19.9. The van der Waals surface area contributed by atoms with Gasteiger partial charge < -0.3 is 36.9 Å². The van der Waals surface area contributed by atoms with Crippen molar-refractivity contribution in [1.82, 2.24) is 25.9 Å². The lowest BCUT2D eigenvalue weighted by Gasteiger charge is -2.25. The maximum Gasteiger partial charge on any atom is 0.326 e. The number of carbonyl (C=O) groups excluding carboxylic acids is 3. The van der Waals surface area contributed by atoms with Gasteiger partial charge in [-0.05, 0) is 30.8 Å². The van der Waals surface area contributed by atoms with Gasteiger partial charge in [-0.15, -0.1) is 0 Å². The number of amides is 3. The van der Waals surface area contributed by atoms with E-state index in [4.69, 9.17) is 5.73 Å². The number of carbonyl (C=O) groups is 4. The normalized spacial score (nSPS) is 14.7. The van der Waals surface area contributed by atoms with Crippen LogP contribution in [0.4, 0.5) is 0 Å². The first-order chi connectivity index (χ1) is 15.6. The van der Waals surface area contributed by atoms with Crippen LogP contribution >= 0.6 is 11.8 Å². The van der Waals surface area contributed by atoms with Crippen molar-refractivity contribution >= 4 is 35.5 Å². The van der Waals surface area contributed by atoms with E-state index in [1.807, 2.05) is 20.1 Å². The quantitative estimate of drug-likeness (QED) is 0.156. The Kier molecular flexibility index (Phi) is 12.5. The molecule has 8 N–H and O–H groups in total. The van der Waals surface area contributed by atoms with E-state index in [-0.39, 0.29) is 25.2 Å². The van der Waals surface area contributed by atoms with Crippen LogP contribution in [0.1, 0.15) is 32.4 Å². The highest BCUT2D eigenvalue weighted by Gasteiger charge is 2.30. The number of thioether (sulfide) groups is 1. The number of hydrogen-bond donors (Lipinski definition) is 7. The molecule has 0 aliphatic heterocycles. The Balaban J connectivity index is 2.79. The number of carboxylic acids is 1. The summed E-state index contributed by atoms with van der Waals surface area (Å²) in [4.78, 5) is 55.9. The summed E-state index contributed by atoms with van der Waals surface area (Å²) in [5.74, 6) is -2.72. The van der Waals surface area contributed by atoms with E-state index < -0.39 is 54.5 Å². The Morgan fingerprint density at radius 1 is 1.09 bits per heavy atom. The van der Waals surface area contributed by atoms with E-state index in [0.29, 0.717) is 11.4 Å². The van der Waals surface area contributed by atoms with E-state index in [1.54, 1.807) is 0 Å². The second kappa shape index (κ2) is 14.5. The van der Waals surface area contributed by atoms with Gasteiger partial charge >= 0.3 is 5.97 Å². The van der Waals surface area contributed by atoms with Crippen LogP contribution in [0, 0.1) is 5.92 Å². The monoisotopic (exact) mass is 486 g/mol. The maximum absolute atomic E-state index is 12.7. The third-order valence-corrected chi connectivity index (χ3v) is 5.36. The van der Waals surface area contributed by atoms with Crippen LogP contribution in [-0.4, -0.2) is 86.7 Å². The molecule has 0 saturated carbocycles. The van der Waals surface area contributed by atoms with Gasteiger partial charge in [-0.25, -0.2) is 9.78 Å². The number of carboxylic acid groups (broad SMARTS) is 1. The summed E-state index contributed by atoms with van der Waals surface area (Å²) in [7, 11) is 0. The van der Waals surface area contributed by atoms with Gasteiger partial charge in [-0.1, -0.05) is 13.8 Å². The number of imidazole rings is 1. The topological polar surface area (TPSA) is 200 Å². The van der Waals surface area contributed by atoms with Crippen LogP contribution < -0.4 is 21.7 Å². The largest absolute Gasteiger partial charge is 0.480 e. The third-order valence-electron chi connectivity index (χ3n) is 4.71. The second-order valence-corrected chi connectivity index (χ2v) is 8.99. The number of aliphatic carboxylic acids is 1. The Morgan fingerprint density at radius 3 is 2.21 bits per heavy atom. The van der Waals surface area contributed by atoms with Gasteiger partial charge in [0.25, 0.3) is 0 Å². The molecule has 12 nitrogen and oxygen atoms in total. The number of rotatable bonds is 15. The number of hydrogen-bond acceptors (Lipinski definition) is 8. The summed E-state index contributed by atoms with van der Waals surface area (Å²) in [6.07, 6.45) is 5.40. The molecule has 0 bridgehead atoms. The number of H-pyrrole nitrogens is 1. The van der Waals surface area contributed by atoms with Gasteiger partial charge in [0.1, 0.15) is 18.1 Å². The molecule has 0 fully saturated rings. The van der Waals surface area contributed by atoms with Crippen molar-refractivity contribution in [3.05, 3.63) is 18.2 Å². The van der Waals surface area contributed by atoms with E-state index in [2.05, 4.69) is 25.9 Å². The highest BCUT2D eigenvalue weighted by molar-refractivity contribution is 7.98. The molecule has 1 aromatic rings. The first kappa shape index (κ1) is 28.4. The molecule has 33 heavy (non-hydrogen) atoms. The summed E-state index contributed by atoms with van der Waals surface area (Å²) < 4.78 is 0. The summed E-state index contributed by atoms with van der Waals surface area (Å²) in [5, 5.41) is 26.3. The molecule has 0 saturated heterocycles. The predicted octanol–water partition coefficient (Wildman–Crippen LogP) is -1.39. The summed E-state index contributed by atoms with van der Waals surface area (Å²) in [5.41, 5.74) is 6.49. The number of nitrogens with two attached hydrogens (primary N) is 1. The molecule has 0 spiro atoms. The lowest BCUT2D eigenvalue weighted by Crippen LogP contribution is -2.58. The number of aliphatic hydroxyl groups is 1. The number of aromatic amines is 1. The van der Waals surface area contributed by atoms with Gasteiger partial charge in [0.05, 0.1) is 19.0 Å². The molecule has 13 heteroatoms. The zero-order chi connectivity index (χ0) is 25.0. The minimum atomic E-state index is -1.33. The van der Waals surface area contributed by atoms with Gasteiger partial charge in [0.2, 0.25) is 17.7 Å². The molecule has 1 aromatic heterocycles. The van der Waals surface area contributed by atoms with Crippen LogP contribution in [0.3, 0.4) is 0 Å². The molecule has 4 atom stereocenters. The SMILES string of the molecule is CSCCC(NC(=O)C(CC(C)C)NC(=O)C(CO)NC(=O)C(N)Cc1cnc[nH]1)C(=O)O. The number of nitrogens with one attached hydrogen (secondary N) is 4. The zero-order valence-electron chi connectivity index (χ0n) is 19.0. The molecule has 186 valence electrons. The van der Waals surface area contributed by atoms with Crippen molar-refractivity contribution in [3.8, 4) is 0 Å². The minimum Gasteiger partial charge on any atom is -0.480 e. The Bertz CT molecular complexity index is 775. The number of aliphatic hydroxyl groups excluding tert-OH is 1. The average molecular weight is 487 g/mol. The highest BCUT2D eigenvalue weighted by atomic mass is 32.2. The average Bonchev–Trinajstić information content (AvgIpc) is 3.26. The first-order valence-electron chi connectivity index (χ1n) is 10.6. The van der Waals surface area contributed by atoms with Crippen molar-refractivity contribution in [3.63, 3.8) is 0 Å². The Morgan fingerprint density at radius 2 is 1.70 bits per heavy atom. The summed E-state index contributed by atoms with van der Waals surface area (Å²) in [6.45, 7) is 2.97. The van der Waals surface area contributed by atoms with Gasteiger partial charge in [0.15, 0.2) is 0 Å². The molecule has 0 aliphatic carbocycles. The van der Waals surface area contributed by atoms with Gasteiger partial charge in [-0.3, -0.25) is 14.4 Å². The van der Waals surface area contributed by atoms with Crippen LogP contribution in [-0.2, 0) is 25.6 Å². The third kappa shape index (κ3) is 10.2. The molecule has 1 heterocycles. The summed E-state index contributed by atoms with van der Waals surface area (Å²) >= 11 is 1.45. The lowest BCUT2D eigenvalue weighted by atomic mass is 10.0. The molecule has 0 aliphatic rings. The Labute approximate surface area is 196 Å². The maximum atomic E-state index is 12.7. The van der Waals surface area contributed by atoms with Crippen LogP contribution in [0.2, 0.25) is 0 Å². The summed E-state index contributed by atoms with van der Waals surface area (Å²) in [6, 6.07) is -4.46. The van der Waals surface area contributed by atoms with Crippen molar-refractivity contribution in [2.45, 2.75) is 57.3 Å². The first-order valence-corrected chi connectivity index (χ1v) is 11.9. The van der Waals surface area contributed by atoms with Gasteiger partial charge in [0, 0.05) is 18.3 Å². The van der Waals surface area contributed by atoms with E-state index in [0.717, 1.165) is 0 Å². The standard InChI is InChI=1S/C20H34N6O6S/c1-11(2)6-15(18(29)24-14(20(31)32)4-5-33-3)25-19(30)16(9-27)26-17(28)13(21)7-12-8-22-10-23-12/h8,10-11,13-16,27H,4-7,9,21H2,1-3H3,(H,22,23)(H,24,29)(H,25,30)(H,26,28)(H,31,32). The molecule has 0 aromatic carbocycles. The van der Waals surface area contributed by atoms with Crippen molar-refractivity contribution in [2.75, 3.05) is 18.6 Å². The minimum absolute atomic E-state index is 0.000482. The molecular weight excluding hydrogens is 452 g/mol. The molecule has 3 amide bonds. The van der Waals surface area contributed by atoms with Gasteiger partial charge in [-0.2, -0.15) is 11.8 Å². The van der Waals surface area contributed by atoms with Crippen LogP contribution in [0.15, 0.2) is 12.5 Å². The van der Waals surface area contributed by atoms with Crippen molar-refractivity contribution < 1.29 is 29.4 Å². The van der Waals surface area contributed by atoms with Crippen LogP contribution in [0.5, 0.6) is 0 Å². The Hall–Kier alpha value is -2.64. The van der Waals surface area contributed by atoms with E-state index in [1.165, 1.54) is 24.3 Å².